The van der Waals surface area contributed by atoms with Crippen molar-refractivity contribution in [3.8, 4) is 0 Å². The maximum absolute atomic E-state index is 13.7. The molecular weight excluding hydrogens is 295 g/mol. The molecule has 3 nitrogen and oxygen atoms in total. The quantitative estimate of drug-likeness (QED) is 0.495. The van der Waals surface area contributed by atoms with Crippen molar-refractivity contribution in [1.82, 2.24) is 0 Å². The molecule has 3 aromatic rings. The molecule has 0 unspecified atom stereocenters. The molecule has 1 aliphatic heterocycles. The lowest BCUT2D eigenvalue weighted by Gasteiger charge is -2.25. The molecule has 5 rings (SSSR count). The lowest BCUT2D eigenvalue weighted by atomic mass is 9.82. The van der Waals surface area contributed by atoms with Gasteiger partial charge in [-0.2, -0.15) is 0 Å². The Morgan fingerprint density at radius 2 is 1.83 bits per heavy atom. The zero-order valence-electron chi connectivity index (χ0n) is 12.5. The molecule has 2 aliphatic rings. The van der Waals surface area contributed by atoms with Crippen molar-refractivity contribution < 1.29 is 19.3 Å². The summed E-state index contributed by atoms with van der Waals surface area (Å²) in [6.07, 6.45) is -2.36. The summed E-state index contributed by atoms with van der Waals surface area (Å²) in [6.45, 7) is 1.97. The van der Waals surface area contributed by atoms with Gasteiger partial charge in [-0.25, -0.2) is 4.39 Å². The number of aliphatic hydroxyl groups is 2. The van der Waals surface area contributed by atoms with E-state index >= 15 is 0 Å². The van der Waals surface area contributed by atoms with Crippen molar-refractivity contribution in [2.24, 2.45) is 0 Å². The summed E-state index contributed by atoms with van der Waals surface area (Å²) in [5.41, 5.74) is 2.63. The monoisotopic (exact) mass is 310 g/mol. The first-order valence-electron chi connectivity index (χ1n) is 7.73. The lowest BCUT2D eigenvalue weighted by molar-refractivity contribution is 0.000104. The third-order valence-corrected chi connectivity index (χ3v) is 5.21. The topological polar surface area (TPSA) is 53.0 Å². The molecule has 0 radical (unpaired) electrons. The summed E-state index contributed by atoms with van der Waals surface area (Å²) in [7, 11) is 0. The van der Waals surface area contributed by atoms with Gasteiger partial charge in [0.1, 0.15) is 30.2 Å². The highest BCUT2D eigenvalue weighted by Gasteiger charge is 2.54. The Morgan fingerprint density at radius 3 is 2.65 bits per heavy atom. The van der Waals surface area contributed by atoms with Gasteiger partial charge in [-0.15, -0.1) is 0 Å². The molecule has 1 saturated heterocycles. The molecule has 0 aromatic heterocycles. The molecule has 0 bridgehead atoms. The van der Waals surface area contributed by atoms with E-state index < -0.39 is 12.2 Å². The van der Waals surface area contributed by atoms with Gasteiger partial charge >= 0.3 is 0 Å². The smallest absolute Gasteiger partial charge is 0.123 e. The predicted octanol–water partition coefficient (Wildman–Crippen LogP) is 3.29. The normalized spacial score (nSPS) is 28.7. The molecule has 1 heterocycles. The van der Waals surface area contributed by atoms with Crippen LogP contribution in [0.15, 0.2) is 36.4 Å². The van der Waals surface area contributed by atoms with Crippen molar-refractivity contribution in [3.63, 3.8) is 0 Å². The first kappa shape index (κ1) is 13.4. The van der Waals surface area contributed by atoms with Crippen molar-refractivity contribution >= 4 is 21.5 Å². The average Bonchev–Trinajstić information content (AvgIpc) is 3.33. The highest BCUT2D eigenvalue weighted by molar-refractivity contribution is 6.04. The number of rotatable bonds is 0. The number of epoxide rings is 1. The second-order valence-corrected chi connectivity index (χ2v) is 6.49. The molecular formula is C19H15FO3. The highest BCUT2D eigenvalue weighted by atomic mass is 19.1. The van der Waals surface area contributed by atoms with Gasteiger partial charge < -0.3 is 14.9 Å². The number of aliphatic hydroxyl groups excluding tert-OH is 2. The third kappa shape index (κ3) is 1.68. The van der Waals surface area contributed by atoms with E-state index in [0.717, 1.165) is 32.7 Å². The zero-order valence-corrected chi connectivity index (χ0v) is 12.5. The van der Waals surface area contributed by atoms with E-state index in [1.165, 1.54) is 6.07 Å². The van der Waals surface area contributed by atoms with Gasteiger partial charge in [0.15, 0.2) is 0 Å². The summed E-state index contributed by atoms with van der Waals surface area (Å²) in [4.78, 5) is 0. The van der Waals surface area contributed by atoms with E-state index in [4.69, 9.17) is 4.74 Å². The number of fused-ring (bicyclic) bond motifs is 6. The molecule has 0 amide bonds. The Kier molecular flexibility index (Phi) is 2.51. The van der Waals surface area contributed by atoms with Crippen LogP contribution >= 0.6 is 0 Å². The maximum atomic E-state index is 13.7. The minimum absolute atomic E-state index is 0.184. The molecule has 2 N–H and O–H groups in total. The van der Waals surface area contributed by atoms with Crippen LogP contribution in [0.5, 0.6) is 0 Å². The standard InChI is InChI=1S/C19H15FO3/c1-8-13-7-11(20)4-2-9(13)6-10-3-5-12-15(14(8)10)18-19(23-18)17(22)16(12)21/h2-7,16-19,21-22H,1H3/t16-,17+,18-,19+/m0/s1. The second-order valence-electron chi connectivity index (χ2n) is 6.49. The summed E-state index contributed by atoms with van der Waals surface area (Å²) in [6, 6.07) is 10.6. The van der Waals surface area contributed by atoms with Gasteiger partial charge in [-0.3, -0.25) is 0 Å². The van der Waals surface area contributed by atoms with Crippen LogP contribution in [0.4, 0.5) is 4.39 Å². The maximum Gasteiger partial charge on any atom is 0.123 e. The molecule has 4 atom stereocenters. The van der Waals surface area contributed by atoms with Crippen molar-refractivity contribution in [1.29, 1.82) is 0 Å². The van der Waals surface area contributed by atoms with Gasteiger partial charge in [0.05, 0.1) is 0 Å². The zero-order chi connectivity index (χ0) is 15.9. The Labute approximate surface area is 131 Å². The fourth-order valence-electron chi connectivity index (χ4n) is 4.02. The Balaban J connectivity index is 1.92. The van der Waals surface area contributed by atoms with Crippen LogP contribution in [0.3, 0.4) is 0 Å². The SMILES string of the molecule is Cc1c2cc(F)ccc2cc2ccc3c(c12)[C@@H]1O[C@@H]1[C@H](O)[C@H]3O. The molecule has 116 valence electrons. The summed E-state index contributed by atoms with van der Waals surface area (Å²) in [5.74, 6) is -0.263. The largest absolute Gasteiger partial charge is 0.387 e. The molecule has 3 aromatic carbocycles. The van der Waals surface area contributed by atoms with E-state index in [1.807, 2.05) is 25.1 Å². The Hall–Kier alpha value is -2.01. The van der Waals surface area contributed by atoms with Crippen LogP contribution in [0.25, 0.3) is 21.5 Å². The van der Waals surface area contributed by atoms with Crippen LogP contribution in [-0.4, -0.2) is 22.4 Å². The van der Waals surface area contributed by atoms with Crippen molar-refractivity contribution in [2.45, 2.75) is 31.3 Å². The van der Waals surface area contributed by atoms with Gasteiger partial charge in [-0.1, -0.05) is 18.2 Å². The van der Waals surface area contributed by atoms with Crippen LogP contribution in [0.1, 0.15) is 28.9 Å². The summed E-state index contributed by atoms with van der Waals surface area (Å²) < 4.78 is 19.3. The third-order valence-electron chi connectivity index (χ3n) is 5.21. The lowest BCUT2D eigenvalue weighted by Crippen LogP contribution is -2.29. The van der Waals surface area contributed by atoms with Crippen molar-refractivity contribution in [2.75, 3.05) is 0 Å². The van der Waals surface area contributed by atoms with Crippen LogP contribution in [-0.2, 0) is 4.74 Å². The first-order chi connectivity index (χ1) is 11.1. The molecule has 0 saturated carbocycles. The Bertz CT molecular complexity index is 981. The number of hydrogen-bond acceptors (Lipinski definition) is 3. The van der Waals surface area contributed by atoms with E-state index in [-0.39, 0.29) is 18.0 Å². The average molecular weight is 310 g/mol. The fraction of sp³-hybridized carbons (Fsp3) is 0.263. The fourth-order valence-corrected chi connectivity index (χ4v) is 4.02. The number of aryl methyl sites for hydroxylation is 1. The van der Waals surface area contributed by atoms with E-state index in [2.05, 4.69) is 0 Å². The number of benzene rings is 3. The van der Waals surface area contributed by atoms with Gasteiger partial charge in [0.2, 0.25) is 0 Å². The molecule has 1 aliphatic carbocycles. The predicted molar refractivity (Wildman–Crippen MR) is 84.7 cm³/mol. The number of ether oxygens (including phenoxy) is 1. The van der Waals surface area contributed by atoms with Gasteiger partial charge in [0.25, 0.3) is 0 Å². The Morgan fingerprint density at radius 1 is 1.04 bits per heavy atom. The van der Waals surface area contributed by atoms with E-state index in [1.54, 1.807) is 12.1 Å². The summed E-state index contributed by atoms with van der Waals surface area (Å²) >= 11 is 0. The molecule has 23 heavy (non-hydrogen) atoms. The number of hydrogen-bond donors (Lipinski definition) is 2. The van der Waals surface area contributed by atoms with Gasteiger partial charge in [0, 0.05) is 0 Å². The van der Waals surface area contributed by atoms with Gasteiger partial charge in [-0.05, 0) is 63.4 Å². The van der Waals surface area contributed by atoms with E-state index in [0.29, 0.717) is 5.56 Å². The summed E-state index contributed by atoms with van der Waals surface area (Å²) in [5, 5.41) is 24.3. The first-order valence-corrected chi connectivity index (χ1v) is 7.73. The second kappa shape index (κ2) is 4.29. The van der Waals surface area contributed by atoms with Crippen molar-refractivity contribution in [3.05, 3.63) is 58.9 Å². The van der Waals surface area contributed by atoms with Crippen LogP contribution in [0.2, 0.25) is 0 Å². The molecule has 1 fully saturated rings. The van der Waals surface area contributed by atoms with Crippen LogP contribution in [0, 0.1) is 12.7 Å². The van der Waals surface area contributed by atoms with E-state index in [9.17, 15) is 14.6 Å². The minimum atomic E-state index is -0.944. The minimum Gasteiger partial charge on any atom is -0.387 e. The highest BCUT2D eigenvalue weighted by Crippen LogP contribution is 2.53. The van der Waals surface area contributed by atoms with Crippen LogP contribution < -0.4 is 0 Å². The molecule has 4 heteroatoms. The molecule has 0 spiro atoms. The number of halogens is 1.